The van der Waals surface area contributed by atoms with Gasteiger partial charge >= 0.3 is 12.1 Å². The van der Waals surface area contributed by atoms with Gasteiger partial charge in [0, 0.05) is 0 Å². The molecule has 0 saturated heterocycles. The largest absolute Gasteiger partial charge is 0.465 e. The Balaban J connectivity index is 0.000000878. The number of carbonyl (C=O) groups excluding carboxylic acids is 3. The minimum Gasteiger partial charge on any atom is -0.465 e. The predicted molar refractivity (Wildman–Crippen MR) is 108 cm³/mol. The van der Waals surface area contributed by atoms with Crippen LogP contribution in [-0.4, -0.2) is 19.2 Å². The summed E-state index contributed by atoms with van der Waals surface area (Å²) >= 11 is 0. The van der Waals surface area contributed by atoms with Gasteiger partial charge in [-0.1, -0.05) is 60.7 Å². The maximum Gasteiger partial charge on any atom is 0.373 e. The molecule has 0 atom stereocenters. The summed E-state index contributed by atoms with van der Waals surface area (Å²) < 4.78 is 5.10. The molecule has 0 unspecified atom stereocenters. The predicted octanol–water partition coefficient (Wildman–Crippen LogP) is 5.15. The fourth-order valence-corrected chi connectivity index (χ4v) is 3.34. The summed E-state index contributed by atoms with van der Waals surface area (Å²) in [5.41, 5.74) is 8.08. The molecule has 3 aromatic rings. The van der Waals surface area contributed by atoms with Crippen molar-refractivity contribution < 1.29 is 19.1 Å². The van der Waals surface area contributed by atoms with Crippen LogP contribution >= 0.6 is 0 Å². The Morgan fingerprint density at radius 1 is 0.714 bits per heavy atom. The summed E-state index contributed by atoms with van der Waals surface area (Å²) in [5, 5.41) is 0. The fourth-order valence-electron chi connectivity index (χ4n) is 3.34. The molecule has 4 nitrogen and oxygen atoms in total. The van der Waals surface area contributed by atoms with E-state index in [0.717, 1.165) is 33.4 Å². The molecule has 0 saturated carbocycles. The molecule has 0 radical (unpaired) electrons. The van der Waals surface area contributed by atoms with Crippen molar-refractivity contribution in [3.05, 3.63) is 82.9 Å². The fraction of sp³-hybridized carbons (Fsp3) is 0.167. The van der Waals surface area contributed by atoms with Gasteiger partial charge in [0.25, 0.3) is 0 Å². The minimum absolute atomic E-state index is 0.250. The van der Waals surface area contributed by atoms with Crippen LogP contribution in [0.15, 0.2) is 60.7 Å². The van der Waals surface area contributed by atoms with E-state index in [1.54, 1.807) is 0 Å². The van der Waals surface area contributed by atoms with E-state index in [9.17, 15) is 4.79 Å². The van der Waals surface area contributed by atoms with E-state index in [2.05, 4.69) is 38.1 Å². The molecule has 0 aliphatic carbocycles. The summed E-state index contributed by atoms with van der Waals surface area (Å²) in [6.45, 7) is 6.14. The van der Waals surface area contributed by atoms with E-state index in [1.165, 1.54) is 12.7 Å². The minimum atomic E-state index is -0.300. The zero-order valence-electron chi connectivity index (χ0n) is 16.4. The van der Waals surface area contributed by atoms with E-state index in [1.807, 2.05) is 43.3 Å². The Bertz CT molecular complexity index is 1030. The number of esters is 1. The van der Waals surface area contributed by atoms with Crippen LogP contribution in [0.4, 0.5) is 0 Å². The first-order chi connectivity index (χ1) is 13.5. The molecule has 0 aliphatic heterocycles. The molecule has 0 fully saturated rings. The molecule has 0 spiro atoms. The van der Waals surface area contributed by atoms with Gasteiger partial charge in [-0.05, 0) is 59.7 Å². The van der Waals surface area contributed by atoms with Crippen molar-refractivity contribution in [1.29, 1.82) is 0 Å². The highest BCUT2D eigenvalue weighted by Gasteiger charge is 2.20. The molecule has 3 rings (SSSR count). The summed E-state index contributed by atoms with van der Waals surface area (Å²) in [7, 11) is 1.43. The number of hydrogen-bond donors (Lipinski definition) is 0. The van der Waals surface area contributed by atoms with Crippen molar-refractivity contribution in [3.8, 4) is 22.3 Å². The highest BCUT2D eigenvalue weighted by Crippen LogP contribution is 2.35. The van der Waals surface area contributed by atoms with E-state index >= 15 is 0 Å². The summed E-state index contributed by atoms with van der Waals surface area (Å²) in [6.07, 6.45) is 0.250. The molecule has 0 aromatic heterocycles. The van der Waals surface area contributed by atoms with E-state index < -0.39 is 0 Å². The Labute approximate surface area is 164 Å². The van der Waals surface area contributed by atoms with Crippen LogP contribution in [0, 0.1) is 20.8 Å². The van der Waals surface area contributed by atoms with Crippen LogP contribution < -0.4 is 0 Å². The highest BCUT2D eigenvalue weighted by molar-refractivity contribution is 6.01. The third kappa shape index (κ3) is 4.25. The lowest BCUT2D eigenvalue weighted by atomic mass is 9.87. The molecular weight excluding hydrogens is 352 g/mol. The number of rotatable bonds is 3. The van der Waals surface area contributed by atoms with E-state index in [0.29, 0.717) is 5.56 Å². The average molecular weight is 374 g/mol. The molecule has 28 heavy (non-hydrogen) atoms. The quantitative estimate of drug-likeness (QED) is 0.595. The average Bonchev–Trinajstić information content (AvgIpc) is 2.69. The first-order valence-corrected chi connectivity index (χ1v) is 8.79. The first-order valence-electron chi connectivity index (χ1n) is 8.79. The molecule has 0 N–H and O–H groups in total. The monoisotopic (exact) mass is 374 g/mol. The molecule has 4 heteroatoms. The lowest BCUT2D eigenvalue weighted by Gasteiger charge is -2.17. The van der Waals surface area contributed by atoms with Gasteiger partial charge in [-0.25, -0.2) is 4.79 Å². The Hall–Kier alpha value is -3.49. The Kier molecular flexibility index (Phi) is 7.02. The number of methoxy groups -OCH3 is 1. The smallest absolute Gasteiger partial charge is 0.373 e. The molecule has 0 heterocycles. The van der Waals surface area contributed by atoms with Gasteiger partial charge in [-0.2, -0.15) is 9.59 Å². The van der Waals surface area contributed by atoms with Gasteiger partial charge in [0.1, 0.15) is 0 Å². The van der Waals surface area contributed by atoms with Crippen LogP contribution in [0.25, 0.3) is 22.3 Å². The maximum atomic E-state index is 12.6. The van der Waals surface area contributed by atoms with Crippen LogP contribution in [0.3, 0.4) is 0 Å². The maximum absolute atomic E-state index is 12.6. The van der Waals surface area contributed by atoms with Crippen molar-refractivity contribution in [2.75, 3.05) is 7.11 Å². The second-order valence-electron chi connectivity index (χ2n) is 6.37. The topological polar surface area (TPSA) is 60.4 Å². The first kappa shape index (κ1) is 20.8. The SMILES string of the molecule is COC(=O)c1c(-c2ccccc2C)ccc(-c2ccccc2C)c1C.O=C=O. The second kappa shape index (κ2) is 9.45. The summed E-state index contributed by atoms with van der Waals surface area (Å²) in [5.74, 6) is -0.300. The van der Waals surface area contributed by atoms with Crippen LogP contribution in [0.2, 0.25) is 0 Å². The number of hydrogen-bond acceptors (Lipinski definition) is 4. The molecule has 142 valence electrons. The number of benzene rings is 3. The van der Waals surface area contributed by atoms with E-state index in [4.69, 9.17) is 14.3 Å². The molecule has 0 aliphatic rings. The van der Waals surface area contributed by atoms with Gasteiger partial charge in [0.05, 0.1) is 12.7 Å². The molecule has 3 aromatic carbocycles. The van der Waals surface area contributed by atoms with Crippen LogP contribution in [0.5, 0.6) is 0 Å². The summed E-state index contributed by atoms with van der Waals surface area (Å²) in [6, 6.07) is 20.5. The third-order valence-electron chi connectivity index (χ3n) is 4.73. The van der Waals surface area contributed by atoms with Gasteiger partial charge in [-0.15, -0.1) is 0 Å². The standard InChI is InChI=1S/C23H22O2.CO2/c1-15-9-5-7-11-18(15)20-13-14-21(19-12-8-6-10-16(19)2)22(17(20)3)23(24)25-4;2-1-3/h5-14H,1-4H3;. The second-order valence-corrected chi connectivity index (χ2v) is 6.37. The lowest BCUT2D eigenvalue weighted by molar-refractivity contribution is -0.191. The Morgan fingerprint density at radius 2 is 1.14 bits per heavy atom. The number of ether oxygens (including phenoxy) is 1. The van der Waals surface area contributed by atoms with Crippen molar-refractivity contribution in [3.63, 3.8) is 0 Å². The van der Waals surface area contributed by atoms with Crippen molar-refractivity contribution in [2.24, 2.45) is 0 Å². The number of carbonyl (C=O) groups is 1. The third-order valence-corrected chi connectivity index (χ3v) is 4.73. The van der Waals surface area contributed by atoms with Crippen LogP contribution in [-0.2, 0) is 14.3 Å². The van der Waals surface area contributed by atoms with Gasteiger partial charge in [0.15, 0.2) is 0 Å². The lowest BCUT2D eigenvalue weighted by Crippen LogP contribution is -2.08. The molecule has 0 bridgehead atoms. The zero-order chi connectivity index (χ0) is 20.7. The van der Waals surface area contributed by atoms with Crippen molar-refractivity contribution in [2.45, 2.75) is 20.8 Å². The van der Waals surface area contributed by atoms with Gasteiger partial charge in [0.2, 0.25) is 0 Å². The number of aryl methyl sites for hydroxylation is 2. The summed E-state index contributed by atoms with van der Waals surface area (Å²) in [4.78, 5) is 28.8. The van der Waals surface area contributed by atoms with Gasteiger partial charge in [-0.3, -0.25) is 0 Å². The van der Waals surface area contributed by atoms with Crippen molar-refractivity contribution >= 4 is 12.1 Å². The Morgan fingerprint density at radius 3 is 1.61 bits per heavy atom. The highest BCUT2D eigenvalue weighted by atomic mass is 16.5. The normalized spacial score (nSPS) is 9.71. The zero-order valence-corrected chi connectivity index (χ0v) is 16.4. The molecule has 0 amide bonds. The molecular formula is C24H22O4. The van der Waals surface area contributed by atoms with Gasteiger partial charge < -0.3 is 4.74 Å². The van der Waals surface area contributed by atoms with Crippen molar-refractivity contribution in [1.82, 2.24) is 0 Å². The van der Waals surface area contributed by atoms with Crippen LogP contribution in [0.1, 0.15) is 27.0 Å². The van der Waals surface area contributed by atoms with E-state index in [-0.39, 0.29) is 12.1 Å².